The molecule has 0 bridgehead atoms. The van der Waals surface area contributed by atoms with Gasteiger partial charge in [0, 0.05) is 18.3 Å². The Labute approximate surface area is 133 Å². The second-order valence-corrected chi connectivity index (χ2v) is 4.95. The minimum absolute atomic E-state index is 0.179. The van der Waals surface area contributed by atoms with Crippen LogP contribution >= 0.6 is 0 Å². The highest BCUT2D eigenvalue weighted by Crippen LogP contribution is 2.18. The van der Waals surface area contributed by atoms with Gasteiger partial charge in [-0.3, -0.25) is 9.78 Å². The highest BCUT2D eigenvalue weighted by atomic mass is 16.5. The Hall–Kier alpha value is -3.08. The Bertz CT molecular complexity index is 780. The second-order valence-electron chi connectivity index (χ2n) is 4.95. The molecule has 1 N–H and O–H groups in total. The van der Waals surface area contributed by atoms with Crippen LogP contribution in [0.25, 0.3) is 11.3 Å². The van der Waals surface area contributed by atoms with Gasteiger partial charge in [0.2, 0.25) is 0 Å². The molecule has 5 nitrogen and oxygen atoms in total. The van der Waals surface area contributed by atoms with Crippen LogP contribution in [0.15, 0.2) is 65.6 Å². The molecule has 0 unspecified atom stereocenters. The van der Waals surface area contributed by atoms with Gasteiger partial charge in [0.05, 0.1) is 30.9 Å². The molecule has 0 aliphatic carbocycles. The molecule has 3 rings (SSSR count). The van der Waals surface area contributed by atoms with Crippen LogP contribution in [0.4, 0.5) is 0 Å². The molecule has 0 spiro atoms. The van der Waals surface area contributed by atoms with Gasteiger partial charge in [-0.05, 0) is 29.8 Å². The zero-order chi connectivity index (χ0) is 16.1. The lowest BCUT2D eigenvalue weighted by Gasteiger charge is -2.09. The van der Waals surface area contributed by atoms with Crippen LogP contribution in [0.2, 0.25) is 0 Å². The van der Waals surface area contributed by atoms with Crippen molar-refractivity contribution in [2.24, 2.45) is 0 Å². The minimum Gasteiger partial charge on any atom is -0.496 e. The first kappa shape index (κ1) is 14.8. The zero-order valence-electron chi connectivity index (χ0n) is 12.7. The predicted octanol–water partition coefficient (Wildman–Crippen LogP) is 3.28. The molecule has 0 saturated heterocycles. The summed E-state index contributed by atoms with van der Waals surface area (Å²) in [7, 11) is 1.55. The summed E-state index contributed by atoms with van der Waals surface area (Å²) in [5.74, 6) is 0.375. The Morgan fingerprint density at radius 2 is 2.09 bits per heavy atom. The van der Waals surface area contributed by atoms with E-state index in [9.17, 15) is 4.79 Å². The van der Waals surface area contributed by atoms with Crippen LogP contribution < -0.4 is 10.1 Å². The Balaban J connectivity index is 1.65. The van der Waals surface area contributed by atoms with Crippen molar-refractivity contribution >= 4 is 5.91 Å². The van der Waals surface area contributed by atoms with Crippen molar-refractivity contribution in [2.45, 2.75) is 6.54 Å². The van der Waals surface area contributed by atoms with Crippen molar-refractivity contribution in [3.8, 4) is 17.0 Å². The number of furan rings is 1. The molecular formula is C18H16N2O3. The van der Waals surface area contributed by atoms with E-state index in [1.807, 2.05) is 24.3 Å². The normalized spacial score (nSPS) is 10.3. The van der Waals surface area contributed by atoms with Crippen molar-refractivity contribution in [3.05, 3.63) is 72.3 Å². The number of ether oxygens (including phenoxy) is 1. The van der Waals surface area contributed by atoms with Crippen LogP contribution in [0.1, 0.15) is 15.9 Å². The summed E-state index contributed by atoms with van der Waals surface area (Å²) in [4.78, 5) is 16.6. The van der Waals surface area contributed by atoms with Gasteiger partial charge in [0.25, 0.3) is 5.91 Å². The SMILES string of the molecule is COc1ccccc1C(=O)NCc1ccc(-c2ccoc2)nc1. The Kier molecular flexibility index (Phi) is 4.38. The molecule has 0 aliphatic rings. The maximum atomic E-state index is 12.2. The summed E-state index contributed by atoms with van der Waals surface area (Å²) in [5.41, 5.74) is 3.19. The number of hydrogen-bond donors (Lipinski definition) is 1. The number of carbonyl (C=O) groups excluding carboxylic acids is 1. The molecule has 0 fully saturated rings. The first-order valence-electron chi connectivity index (χ1n) is 7.16. The molecule has 0 saturated carbocycles. The van der Waals surface area contributed by atoms with Crippen LogP contribution in [0.5, 0.6) is 5.75 Å². The molecule has 1 aromatic carbocycles. The lowest BCUT2D eigenvalue weighted by atomic mass is 10.1. The number of methoxy groups -OCH3 is 1. The molecule has 0 atom stereocenters. The summed E-state index contributed by atoms with van der Waals surface area (Å²) in [6.45, 7) is 0.398. The monoisotopic (exact) mass is 308 g/mol. The van der Waals surface area contributed by atoms with E-state index in [1.54, 1.807) is 44.0 Å². The van der Waals surface area contributed by atoms with E-state index in [0.717, 1.165) is 16.8 Å². The summed E-state index contributed by atoms with van der Waals surface area (Å²) in [5, 5.41) is 2.87. The topological polar surface area (TPSA) is 64.4 Å². The van der Waals surface area contributed by atoms with Gasteiger partial charge in [0.15, 0.2) is 0 Å². The standard InChI is InChI=1S/C18H16N2O3/c1-22-17-5-3-2-4-15(17)18(21)20-11-13-6-7-16(19-10-13)14-8-9-23-12-14/h2-10,12H,11H2,1H3,(H,20,21). The third-order valence-electron chi connectivity index (χ3n) is 3.45. The number of carbonyl (C=O) groups is 1. The van der Waals surface area contributed by atoms with Crippen LogP contribution in [-0.4, -0.2) is 18.0 Å². The average Bonchev–Trinajstić information content (AvgIpc) is 3.14. The number of para-hydroxylation sites is 1. The molecule has 0 aliphatic heterocycles. The third-order valence-corrected chi connectivity index (χ3v) is 3.45. The van der Waals surface area contributed by atoms with Crippen molar-refractivity contribution in [1.82, 2.24) is 10.3 Å². The van der Waals surface area contributed by atoms with Crippen LogP contribution in [0.3, 0.4) is 0 Å². The second kappa shape index (κ2) is 6.79. The Morgan fingerprint density at radius 1 is 1.22 bits per heavy atom. The predicted molar refractivity (Wildman–Crippen MR) is 86.1 cm³/mol. The Morgan fingerprint density at radius 3 is 2.78 bits per heavy atom. The van der Waals surface area contributed by atoms with Gasteiger partial charge in [-0.25, -0.2) is 0 Å². The van der Waals surface area contributed by atoms with E-state index in [2.05, 4.69) is 10.3 Å². The number of aromatic nitrogens is 1. The lowest BCUT2D eigenvalue weighted by Crippen LogP contribution is -2.23. The van der Waals surface area contributed by atoms with Gasteiger partial charge in [-0.15, -0.1) is 0 Å². The van der Waals surface area contributed by atoms with Crippen molar-refractivity contribution in [1.29, 1.82) is 0 Å². The lowest BCUT2D eigenvalue weighted by molar-refractivity contribution is 0.0948. The van der Waals surface area contributed by atoms with E-state index in [0.29, 0.717) is 17.9 Å². The van der Waals surface area contributed by atoms with Gasteiger partial charge < -0.3 is 14.5 Å². The zero-order valence-corrected chi connectivity index (χ0v) is 12.7. The molecule has 1 amide bonds. The van der Waals surface area contributed by atoms with Crippen LogP contribution in [-0.2, 0) is 6.54 Å². The van der Waals surface area contributed by atoms with E-state index in [-0.39, 0.29) is 5.91 Å². The van der Waals surface area contributed by atoms with Crippen LogP contribution in [0, 0.1) is 0 Å². The van der Waals surface area contributed by atoms with E-state index in [1.165, 1.54) is 0 Å². The van der Waals surface area contributed by atoms with Gasteiger partial charge in [-0.2, -0.15) is 0 Å². The van der Waals surface area contributed by atoms with Crippen molar-refractivity contribution < 1.29 is 13.9 Å². The summed E-state index contributed by atoms with van der Waals surface area (Å²) in [6, 6.07) is 12.8. The largest absolute Gasteiger partial charge is 0.496 e. The molecule has 2 aromatic heterocycles. The molecule has 23 heavy (non-hydrogen) atoms. The molecule has 116 valence electrons. The number of pyridine rings is 1. The fourth-order valence-electron chi connectivity index (χ4n) is 2.22. The number of rotatable bonds is 5. The first-order valence-corrected chi connectivity index (χ1v) is 7.16. The summed E-state index contributed by atoms with van der Waals surface area (Å²) >= 11 is 0. The number of nitrogens with zero attached hydrogens (tertiary/aromatic N) is 1. The van der Waals surface area contributed by atoms with Gasteiger partial charge >= 0.3 is 0 Å². The number of hydrogen-bond acceptors (Lipinski definition) is 4. The van der Waals surface area contributed by atoms with Crippen molar-refractivity contribution in [2.75, 3.05) is 7.11 Å². The van der Waals surface area contributed by atoms with E-state index < -0.39 is 0 Å². The highest BCUT2D eigenvalue weighted by molar-refractivity contribution is 5.96. The average molecular weight is 308 g/mol. The number of benzene rings is 1. The van der Waals surface area contributed by atoms with Gasteiger partial charge in [-0.1, -0.05) is 18.2 Å². The van der Waals surface area contributed by atoms with Gasteiger partial charge in [0.1, 0.15) is 5.75 Å². The van der Waals surface area contributed by atoms with E-state index in [4.69, 9.17) is 9.15 Å². The maximum Gasteiger partial charge on any atom is 0.255 e. The quantitative estimate of drug-likeness (QED) is 0.785. The highest BCUT2D eigenvalue weighted by Gasteiger charge is 2.11. The molecular weight excluding hydrogens is 292 g/mol. The van der Waals surface area contributed by atoms with Crippen molar-refractivity contribution in [3.63, 3.8) is 0 Å². The minimum atomic E-state index is -0.179. The maximum absolute atomic E-state index is 12.2. The summed E-state index contributed by atoms with van der Waals surface area (Å²) in [6.07, 6.45) is 4.99. The number of nitrogens with one attached hydrogen (secondary N) is 1. The molecule has 0 radical (unpaired) electrons. The molecule has 3 aromatic rings. The molecule has 2 heterocycles. The third kappa shape index (κ3) is 3.40. The first-order chi connectivity index (χ1) is 11.3. The number of amides is 1. The smallest absolute Gasteiger partial charge is 0.255 e. The fraction of sp³-hybridized carbons (Fsp3) is 0.111. The summed E-state index contributed by atoms with van der Waals surface area (Å²) < 4.78 is 10.2. The van der Waals surface area contributed by atoms with E-state index >= 15 is 0 Å². The molecule has 5 heteroatoms. The fourth-order valence-corrected chi connectivity index (χ4v) is 2.22.